The molecule has 0 aromatic heterocycles. The van der Waals surface area contributed by atoms with Gasteiger partial charge in [0.05, 0.1) is 13.2 Å². The molecule has 3 unspecified atom stereocenters. The van der Waals surface area contributed by atoms with Gasteiger partial charge in [0.2, 0.25) is 35.9 Å². The SMILES string of the molecule is C.C[C@@H]1NC(=O)C(N(C)C(=O)CNC(=O)[C@@H](C)NC(=O)C(CO)N(C)C=O)c2ccc(O)c(c2)-c2cc(ccc2O)CC(C(=O)O)NC1=O. The van der Waals surface area contributed by atoms with Gasteiger partial charge in [-0.05, 0) is 49.2 Å². The van der Waals surface area contributed by atoms with E-state index >= 15 is 0 Å². The zero-order valence-corrected chi connectivity index (χ0v) is 26.6. The van der Waals surface area contributed by atoms with Gasteiger partial charge in [-0.3, -0.25) is 28.8 Å². The van der Waals surface area contributed by atoms with E-state index in [2.05, 4.69) is 21.3 Å². The predicted octanol–water partition coefficient (Wildman–Crippen LogP) is -1.40. The number of nitrogens with one attached hydrogen (secondary N) is 4. The lowest BCUT2D eigenvalue weighted by Crippen LogP contribution is -2.54. The number of benzene rings is 2. The van der Waals surface area contributed by atoms with Crippen molar-refractivity contribution < 1.29 is 54.0 Å². The number of hydrogen-bond acceptors (Lipinski definition) is 10. The molecule has 0 aliphatic carbocycles. The van der Waals surface area contributed by atoms with Crippen LogP contribution in [-0.4, -0.2) is 124 Å². The molecule has 6 amide bonds. The summed E-state index contributed by atoms with van der Waals surface area (Å²) in [5.74, 6) is -6.03. The smallest absolute Gasteiger partial charge is 0.326 e. The van der Waals surface area contributed by atoms with Crippen molar-refractivity contribution in [1.29, 1.82) is 0 Å². The molecule has 8 N–H and O–H groups in total. The number of aliphatic carboxylic acids is 1. The van der Waals surface area contributed by atoms with Crippen molar-refractivity contribution in [3.63, 3.8) is 0 Å². The van der Waals surface area contributed by atoms with Crippen LogP contribution < -0.4 is 21.3 Å². The van der Waals surface area contributed by atoms with Crippen LogP contribution in [0.2, 0.25) is 0 Å². The number of rotatable bonds is 10. The summed E-state index contributed by atoms with van der Waals surface area (Å²) in [5, 5.41) is 50.1. The number of aliphatic hydroxyl groups is 1. The van der Waals surface area contributed by atoms with Crippen LogP contribution in [0.5, 0.6) is 11.5 Å². The lowest BCUT2D eigenvalue weighted by Gasteiger charge is -2.30. The number of phenols is 2. The van der Waals surface area contributed by atoms with Gasteiger partial charge < -0.3 is 51.5 Å². The molecule has 0 saturated heterocycles. The van der Waals surface area contributed by atoms with Gasteiger partial charge in [0.25, 0.3) is 0 Å². The van der Waals surface area contributed by atoms with E-state index in [0.29, 0.717) is 12.0 Å². The van der Waals surface area contributed by atoms with E-state index < -0.39 is 78.9 Å². The van der Waals surface area contributed by atoms with E-state index in [1.165, 1.54) is 64.3 Å². The number of likely N-dealkylation sites (N-methyl/N-ethyl adjacent to an activating group) is 2. The lowest BCUT2D eigenvalue weighted by atomic mass is 9.94. The molecule has 49 heavy (non-hydrogen) atoms. The molecule has 2 aromatic carbocycles. The first-order valence-electron chi connectivity index (χ1n) is 14.7. The van der Waals surface area contributed by atoms with Gasteiger partial charge in [-0.25, -0.2) is 4.79 Å². The van der Waals surface area contributed by atoms with E-state index in [0.717, 1.165) is 9.80 Å². The Kier molecular flexibility index (Phi) is 13.6. The van der Waals surface area contributed by atoms with Gasteiger partial charge in [0.1, 0.15) is 41.7 Å². The number of carboxylic acids is 1. The normalized spacial score (nSPS) is 18.5. The van der Waals surface area contributed by atoms with Gasteiger partial charge in [-0.2, -0.15) is 0 Å². The summed E-state index contributed by atoms with van der Waals surface area (Å²) in [5.41, 5.74) is 0.703. The largest absolute Gasteiger partial charge is 0.507 e. The van der Waals surface area contributed by atoms with Gasteiger partial charge >= 0.3 is 5.97 Å². The van der Waals surface area contributed by atoms with Crippen LogP contribution in [0.3, 0.4) is 0 Å². The van der Waals surface area contributed by atoms with Gasteiger partial charge in [0.15, 0.2) is 0 Å². The number of hydrogen-bond donors (Lipinski definition) is 8. The van der Waals surface area contributed by atoms with Crippen LogP contribution in [-0.2, 0) is 40.0 Å². The maximum absolute atomic E-state index is 13.7. The molecule has 4 bridgehead atoms. The van der Waals surface area contributed by atoms with Gasteiger partial charge in [0, 0.05) is 31.6 Å². The number of carboxylic acid groups (broad SMARTS) is 1. The summed E-state index contributed by atoms with van der Waals surface area (Å²) in [6.07, 6.45) is 0.152. The molecule has 0 fully saturated rings. The molecule has 1 aliphatic heterocycles. The highest BCUT2D eigenvalue weighted by molar-refractivity contribution is 5.96. The highest BCUT2D eigenvalue weighted by Crippen LogP contribution is 2.38. The van der Waals surface area contributed by atoms with E-state index in [1.54, 1.807) is 0 Å². The van der Waals surface area contributed by atoms with E-state index in [-0.39, 0.29) is 42.0 Å². The standard InChI is InChI=1S/C31H38N6O11.CH4/c1-15(33-29(45)22(13-38)36(3)14-39)27(43)32-12-25(42)37(4)26-18-6-8-24(41)20(11-18)19-9-17(5-7-23(19)40)10-21(31(47)48)35-28(44)16(2)34-30(26)46;/h5-9,11,14-16,21-22,26,38,40-41H,10,12-13H2,1-4H3,(H,32,43)(H,33,45)(H,34,46)(H,35,44)(H,47,48);1H4/t15-,16+,21?,22?,26?;/m1./s1. The Morgan fingerprint density at radius 3 is 2.18 bits per heavy atom. The quantitative estimate of drug-likeness (QED) is 0.135. The first-order valence-corrected chi connectivity index (χ1v) is 14.7. The molecular formula is C32H42N6O11. The second-order valence-corrected chi connectivity index (χ2v) is 11.3. The third-order valence-electron chi connectivity index (χ3n) is 7.82. The zero-order chi connectivity index (χ0) is 35.9. The molecule has 5 atom stereocenters. The first kappa shape index (κ1) is 39.5. The van der Waals surface area contributed by atoms with E-state index in [4.69, 9.17) is 0 Å². The predicted molar refractivity (Wildman–Crippen MR) is 174 cm³/mol. The minimum atomic E-state index is -1.46. The molecule has 1 heterocycles. The molecule has 17 nitrogen and oxygen atoms in total. The Balaban J connectivity index is 0.00000833. The zero-order valence-electron chi connectivity index (χ0n) is 26.6. The van der Waals surface area contributed by atoms with Crippen molar-refractivity contribution in [2.45, 2.75) is 57.9 Å². The number of phenolic OH excluding ortho intramolecular Hbond substituents is 2. The maximum atomic E-state index is 13.7. The second kappa shape index (κ2) is 16.9. The van der Waals surface area contributed by atoms with Crippen molar-refractivity contribution in [2.24, 2.45) is 0 Å². The molecule has 17 heteroatoms. The second-order valence-electron chi connectivity index (χ2n) is 11.3. The Morgan fingerprint density at radius 1 is 0.980 bits per heavy atom. The highest BCUT2D eigenvalue weighted by Gasteiger charge is 2.33. The summed E-state index contributed by atoms with van der Waals surface area (Å²) >= 11 is 0. The average molecular weight is 687 g/mol. The molecule has 266 valence electrons. The monoisotopic (exact) mass is 686 g/mol. The number of amides is 6. The summed E-state index contributed by atoms with van der Waals surface area (Å²) in [7, 11) is 2.52. The fourth-order valence-electron chi connectivity index (χ4n) is 4.94. The van der Waals surface area contributed by atoms with Crippen LogP contribution in [0, 0.1) is 0 Å². The topological polar surface area (TPSA) is 255 Å². The number of nitrogens with zero attached hydrogens (tertiary/aromatic N) is 2. The van der Waals surface area contributed by atoms with Crippen LogP contribution in [0.15, 0.2) is 36.4 Å². The van der Waals surface area contributed by atoms with Crippen molar-refractivity contribution >= 4 is 41.9 Å². The highest BCUT2D eigenvalue weighted by atomic mass is 16.4. The van der Waals surface area contributed by atoms with Crippen molar-refractivity contribution in [3.8, 4) is 22.6 Å². The number of carbonyl (C=O) groups is 7. The molecule has 3 rings (SSSR count). The Bertz CT molecular complexity index is 1600. The number of carbonyl (C=O) groups excluding carboxylic acids is 6. The van der Waals surface area contributed by atoms with Crippen LogP contribution in [0.25, 0.3) is 11.1 Å². The molecule has 2 aromatic rings. The van der Waals surface area contributed by atoms with Crippen molar-refractivity contribution in [2.75, 3.05) is 27.2 Å². The van der Waals surface area contributed by atoms with E-state index in [9.17, 15) is 54.0 Å². The lowest BCUT2D eigenvalue weighted by molar-refractivity contribution is -0.143. The van der Waals surface area contributed by atoms with Crippen LogP contribution >= 0.6 is 0 Å². The van der Waals surface area contributed by atoms with Crippen LogP contribution in [0.1, 0.15) is 38.4 Å². The minimum Gasteiger partial charge on any atom is -0.507 e. The van der Waals surface area contributed by atoms with Gasteiger partial charge in [-0.1, -0.05) is 19.6 Å². The third kappa shape index (κ3) is 9.44. The molecule has 1 aliphatic rings. The number of aromatic hydroxyl groups is 2. The maximum Gasteiger partial charge on any atom is 0.326 e. The summed E-state index contributed by atoms with van der Waals surface area (Å²) in [4.78, 5) is 89.9. The molecular weight excluding hydrogens is 644 g/mol. The summed E-state index contributed by atoms with van der Waals surface area (Å²) in [6, 6.07) is 1.57. The van der Waals surface area contributed by atoms with Crippen molar-refractivity contribution in [1.82, 2.24) is 31.1 Å². The first-order chi connectivity index (χ1) is 22.6. The van der Waals surface area contributed by atoms with Gasteiger partial charge in [-0.15, -0.1) is 0 Å². The Morgan fingerprint density at radius 2 is 1.59 bits per heavy atom. The number of fused-ring (bicyclic) bond motifs is 5. The molecule has 0 spiro atoms. The fraction of sp³-hybridized carbons (Fsp3) is 0.406. The summed E-state index contributed by atoms with van der Waals surface area (Å²) < 4.78 is 0. The average Bonchev–Trinajstić information content (AvgIpc) is 3.04. The van der Waals surface area contributed by atoms with Crippen LogP contribution in [0.4, 0.5) is 0 Å². The number of aliphatic hydroxyl groups excluding tert-OH is 1. The Labute approximate surface area is 282 Å². The minimum absolute atomic E-state index is 0. The third-order valence-corrected chi connectivity index (χ3v) is 7.82. The van der Waals surface area contributed by atoms with E-state index in [1.807, 2.05) is 0 Å². The Hall–Kier alpha value is -5.71. The molecule has 0 saturated carbocycles. The molecule has 0 radical (unpaired) electrons. The van der Waals surface area contributed by atoms with Crippen molar-refractivity contribution in [3.05, 3.63) is 47.5 Å². The fourth-order valence-corrected chi connectivity index (χ4v) is 4.94. The summed E-state index contributed by atoms with van der Waals surface area (Å²) in [6.45, 7) is 1.28.